The molecule has 7 heteroatoms. The second kappa shape index (κ2) is 8.62. The molecule has 0 aliphatic heterocycles. The summed E-state index contributed by atoms with van der Waals surface area (Å²) in [5.74, 6) is -0.820. The van der Waals surface area contributed by atoms with Gasteiger partial charge >= 0.3 is 0 Å². The molecule has 0 spiro atoms. The van der Waals surface area contributed by atoms with E-state index >= 15 is 0 Å². The second-order valence-corrected chi connectivity index (χ2v) is 7.22. The Morgan fingerprint density at radius 2 is 1.81 bits per heavy atom. The van der Waals surface area contributed by atoms with Gasteiger partial charge in [-0.05, 0) is 48.1 Å². The first kappa shape index (κ1) is 19.7. The number of carbonyl (C=O) groups is 3. The highest BCUT2D eigenvalue weighted by atomic mass is 32.1. The number of hydrogen-bond donors (Lipinski definition) is 3. The standard InChI is InChI=1S/C19H23N3O3S/c1-11(2)16(22-18(24)15-6-5-9-26-15)19(25)21-14-8-7-13(10-12(14)3)17(23)20-4/h5-11,16H,1-4H3,(H,20,23)(H,21,25)(H,22,24). The quantitative estimate of drug-likeness (QED) is 0.728. The Morgan fingerprint density at radius 3 is 2.35 bits per heavy atom. The molecule has 0 saturated carbocycles. The predicted molar refractivity (Wildman–Crippen MR) is 104 cm³/mol. The Morgan fingerprint density at radius 1 is 1.08 bits per heavy atom. The van der Waals surface area contributed by atoms with Gasteiger partial charge in [-0.3, -0.25) is 14.4 Å². The zero-order chi connectivity index (χ0) is 19.3. The van der Waals surface area contributed by atoms with Crippen LogP contribution in [0, 0.1) is 12.8 Å². The summed E-state index contributed by atoms with van der Waals surface area (Å²) in [6.07, 6.45) is 0. The van der Waals surface area contributed by atoms with Crippen LogP contribution < -0.4 is 16.0 Å². The van der Waals surface area contributed by atoms with Crippen LogP contribution in [-0.4, -0.2) is 30.8 Å². The zero-order valence-corrected chi connectivity index (χ0v) is 16.1. The van der Waals surface area contributed by atoms with E-state index in [2.05, 4.69) is 16.0 Å². The minimum atomic E-state index is -0.664. The van der Waals surface area contributed by atoms with Crippen molar-refractivity contribution in [1.82, 2.24) is 10.6 Å². The summed E-state index contributed by atoms with van der Waals surface area (Å²) in [5, 5.41) is 10.0. The first-order valence-electron chi connectivity index (χ1n) is 8.31. The van der Waals surface area contributed by atoms with E-state index < -0.39 is 6.04 Å². The molecule has 3 amide bonds. The first-order valence-corrected chi connectivity index (χ1v) is 9.19. The number of nitrogens with one attached hydrogen (secondary N) is 3. The van der Waals surface area contributed by atoms with Gasteiger partial charge in [-0.15, -0.1) is 11.3 Å². The van der Waals surface area contributed by atoms with Gasteiger partial charge in [0.2, 0.25) is 5.91 Å². The molecule has 1 aromatic heterocycles. The lowest BCUT2D eigenvalue weighted by atomic mass is 10.0. The Bertz CT molecular complexity index is 800. The maximum absolute atomic E-state index is 12.7. The molecular formula is C19H23N3O3S. The Hall–Kier alpha value is -2.67. The molecule has 1 heterocycles. The maximum atomic E-state index is 12.7. The largest absolute Gasteiger partial charge is 0.355 e. The summed E-state index contributed by atoms with van der Waals surface area (Å²) >= 11 is 1.33. The fourth-order valence-electron chi connectivity index (χ4n) is 2.46. The number of aryl methyl sites for hydroxylation is 1. The molecule has 0 aliphatic rings. The third kappa shape index (κ3) is 4.70. The van der Waals surface area contributed by atoms with Crippen molar-refractivity contribution in [2.24, 2.45) is 5.92 Å². The molecule has 0 bridgehead atoms. The van der Waals surface area contributed by atoms with Crippen LogP contribution in [0.5, 0.6) is 0 Å². The number of anilines is 1. The molecule has 1 unspecified atom stereocenters. The van der Waals surface area contributed by atoms with Gasteiger partial charge < -0.3 is 16.0 Å². The van der Waals surface area contributed by atoms with Gasteiger partial charge in [0, 0.05) is 18.3 Å². The van der Waals surface area contributed by atoms with Gasteiger partial charge in [-0.1, -0.05) is 19.9 Å². The molecule has 26 heavy (non-hydrogen) atoms. The van der Waals surface area contributed by atoms with Gasteiger partial charge in [0.1, 0.15) is 6.04 Å². The molecule has 2 rings (SSSR count). The average molecular weight is 373 g/mol. The van der Waals surface area contributed by atoms with Crippen LogP contribution >= 0.6 is 11.3 Å². The molecular weight excluding hydrogens is 350 g/mol. The fraction of sp³-hybridized carbons (Fsp3) is 0.316. The van der Waals surface area contributed by atoms with E-state index in [0.717, 1.165) is 5.56 Å². The molecule has 1 atom stereocenters. The minimum absolute atomic E-state index is 0.0793. The number of rotatable bonds is 6. The summed E-state index contributed by atoms with van der Waals surface area (Å²) < 4.78 is 0. The van der Waals surface area contributed by atoms with E-state index in [-0.39, 0.29) is 23.6 Å². The van der Waals surface area contributed by atoms with Crippen LogP contribution in [0.4, 0.5) is 5.69 Å². The van der Waals surface area contributed by atoms with Crippen LogP contribution in [0.1, 0.15) is 39.4 Å². The van der Waals surface area contributed by atoms with Crippen LogP contribution in [-0.2, 0) is 4.79 Å². The Labute approximate surface area is 157 Å². The normalized spacial score (nSPS) is 11.7. The lowest BCUT2D eigenvalue weighted by molar-refractivity contribution is -0.118. The average Bonchev–Trinajstić information content (AvgIpc) is 3.14. The molecule has 138 valence electrons. The third-order valence-corrected chi connectivity index (χ3v) is 4.82. The molecule has 0 fully saturated rings. The van der Waals surface area contributed by atoms with Crippen molar-refractivity contribution in [2.75, 3.05) is 12.4 Å². The summed E-state index contributed by atoms with van der Waals surface area (Å²) in [6, 6.07) is 7.90. The summed E-state index contributed by atoms with van der Waals surface area (Å²) in [7, 11) is 1.57. The lowest BCUT2D eigenvalue weighted by Gasteiger charge is -2.22. The van der Waals surface area contributed by atoms with Gasteiger partial charge in [0.15, 0.2) is 0 Å². The Balaban J connectivity index is 2.12. The van der Waals surface area contributed by atoms with Gasteiger partial charge in [0.25, 0.3) is 11.8 Å². The molecule has 1 aromatic carbocycles. The van der Waals surface area contributed by atoms with Crippen molar-refractivity contribution >= 4 is 34.7 Å². The Kier molecular flexibility index (Phi) is 6.52. The van der Waals surface area contributed by atoms with E-state index in [1.807, 2.05) is 26.2 Å². The molecule has 0 saturated heterocycles. The number of thiophene rings is 1. The third-order valence-electron chi connectivity index (χ3n) is 3.95. The molecule has 3 N–H and O–H groups in total. The number of amides is 3. The second-order valence-electron chi connectivity index (χ2n) is 6.27. The highest BCUT2D eigenvalue weighted by Crippen LogP contribution is 2.18. The van der Waals surface area contributed by atoms with Crippen molar-refractivity contribution in [3.05, 3.63) is 51.7 Å². The van der Waals surface area contributed by atoms with Crippen molar-refractivity contribution in [3.63, 3.8) is 0 Å². The zero-order valence-electron chi connectivity index (χ0n) is 15.3. The SMILES string of the molecule is CNC(=O)c1ccc(NC(=O)C(NC(=O)c2cccs2)C(C)C)c(C)c1. The van der Waals surface area contributed by atoms with Crippen molar-refractivity contribution < 1.29 is 14.4 Å². The van der Waals surface area contributed by atoms with E-state index in [4.69, 9.17) is 0 Å². The van der Waals surface area contributed by atoms with Crippen LogP contribution in [0.3, 0.4) is 0 Å². The van der Waals surface area contributed by atoms with E-state index in [1.165, 1.54) is 11.3 Å². The highest BCUT2D eigenvalue weighted by Gasteiger charge is 2.25. The maximum Gasteiger partial charge on any atom is 0.262 e. The van der Waals surface area contributed by atoms with Crippen LogP contribution in [0.2, 0.25) is 0 Å². The highest BCUT2D eigenvalue weighted by molar-refractivity contribution is 7.12. The predicted octanol–water partition coefficient (Wildman–Crippen LogP) is 2.81. The minimum Gasteiger partial charge on any atom is -0.355 e. The molecule has 0 aliphatic carbocycles. The van der Waals surface area contributed by atoms with Crippen LogP contribution in [0.25, 0.3) is 0 Å². The summed E-state index contributed by atoms with van der Waals surface area (Å²) in [5.41, 5.74) is 1.90. The molecule has 2 aromatic rings. The van der Waals surface area contributed by atoms with Gasteiger partial charge in [-0.2, -0.15) is 0 Å². The molecule has 6 nitrogen and oxygen atoms in total. The first-order chi connectivity index (χ1) is 12.3. The smallest absolute Gasteiger partial charge is 0.262 e. The van der Waals surface area contributed by atoms with Crippen LogP contribution in [0.15, 0.2) is 35.7 Å². The van der Waals surface area contributed by atoms with Gasteiger partial charge in [0.05, 0.1) is 4.88 Å². The van der Waals surface area contributed by atoms with Crippen molar-refractivity contribution in [2.45, 2.75) is 26.8 Å². The van der Waals surface area contributed by atoms with E-state index in [9.17, 15) is 14.4 Å². The number of hydrogen-bond acceptors (Lipinski definition) is 4. The van der Waals surface area contributed by atoms with Crippen molar-refractivity contribution in [3.8, 4) is 0 Å². The summed E-state index contributed by atoms with van der Waals surface area (Å²) in [6.45, 7) is 5.57. The van der Waals surface area contributed by atoms with E-state index in [0.29, 0.717) is 16.1 Å². The van der Waals surface area contributed by atoms with Gasteiger partial charge in [-0.25, -0.2) is 0 Å². The number of carbonyl (C=O) groups excluding carboxylic acids is 3. The van der Waals surface area contributed by atoms with E-state index in [1.54, 1.807) is 37.4 Å². The lowest BCUT2D eigenvalue weighted by Crippen LogP contribution is -2.47. The van der Waals surface area contributed by atoms with Crippen molar-refractivity contribution in [1.29, 1.82) is 0 Å². The topological polar surface area (TPSA) is 87.3 Å². The monoisotopic (exact) mass is 373 g/mol. The molecule has 0 radical (unpaired) electrons. The summed E-state index contributed by atoms with van der Waals surface area (Å²) in [4.78, 5) is 37.2. The number of benzene rings is 1. The fourth-order valence-corrected chi connectivity index (χ4v) is 3.08.